The molecule has 0 radical (unpaired) electrons. The average molecular weight is 198 g/mol. The summed E-state index contributed by atoms with van der Waals surface area (Å²) in [6.45, 7) is 3.25. The van der Waals surface area contributed by atoms with Gasteiger partial charge in [0.2, 0.25) is 5.91 Å². The van der Waals surface area contributed by atoms with Crippen molar-refractivity contribution in [1.29, 1.82) is 0 Å². The zero-order chi connectivity index (χ0) is 10.0. The second kappa shape index (κ2) is 3.87. The van der Waals surface area contributed by atoms with E-state index < -0.39 is 0 Å². The first-order valence-electron chi connectivity index (χ1n) is 5.36. The van der Waals surface area contributed by atoms with Crippen LogP contribution in [-0.4, -0.2) is 43.7 Å². The number of ether oxygens (including phenoxy) is 1. The molecular formula is C10H18N2O2. The molecule has 0 aromatic carbocycles. The number of rotatable bonds is 2. The van der Waals surface area contributed by atoms with E-state index in [-0.39, 0.29) is 11.3 Å². The third-order valence-corrected chi connectivity index (χ3v) is 3.24. The fourth-order valence-electron chi connectivity index (χ4n) is 2.11. The fourth-order valence-corrected chi connectivity index (χ4v) is 2.11. The summed E-state index contributed by atoms with van der Waals surface area (Å²) in [5.74, 6) is 0.214. The highest BCUT2D eigenvalue weighted by atomic mass is 16.5. The van der Waals surface area contributed by atoms with Crippen molar-refractivity contribution in [2.24, 2.45) is 11.1 Å². The first kappa shape index (κ1) is 9.93. The van der Waals surface area contributed by atoms with Crippen LogP contribution in [0.4, 0.5) is 0 Å². The van der Waals surface area contributed by atoms with Crippen LogP contribution in [0.15, 0.2) is 0 Å². The summed E-state index contributed by atoms with van der Waals surface area (Å²) < 4.78 is 5.11. The highest BCUT2D eigenvalue weighted by Gasteiger charge is 2.46. The van der Waals surface area contributed by atoms with Gasteiger partial charge in [-0.15, -0.1) is 0 Å². The Bertz CT molecular complexity index is 215. The summed E-state index contributed by atoms with van der Waals surface area (Å²) in [4.78, 5) is 14.1. The Morgan fingerprint density at radius 2 is 1.93 bits per heavy atom. The van der Waals surface area contributed by atoms with Crippen molar-refractivity contribution >= 4 is 5.91 Å². The Labute approximate surface area is 84.4 Å². The highest BCUT2D eigenvalue weighted by molar-refractivity contribution is 5.84. The normalized spacial score (nSPS) is 25.6. The van der Waals surface area contributed by atoms with Gasteiger partial charge in [0.25, 0.3) is 0 Å². The number of nitrogens with zero attached hydrogens (tertiary/aromatic N) is 1. The lowest BCUT2D eigenvalue weighted by Gasteiger charge is -2.43. The van der Waals surface area contributed by atoms with E-state index in [4.69, 9.17) is 10.5 Å². The lowest BCUT2D eigenvalue weighted by molar-refractivity contribution is -0.171. The molecule has 2 saturated heterocycles. The summed E-state index contributed by atoms with van der Waals surface area (Å²) in [6.07, 6.45) is 3.51. The Morgan fingerprint density at radius 1 is 1.29 bits per heavy atom. The standard InChI is InChI=1S/C10H18N2O2/c11-6-10(7-14-8-10)9(13)12-4-2-1-3-5-12/h1-8,11H2. The van der Waals surface area contributed by atoms with Crippen LogP contribution in [0, 0.1) is 5.41 Å². The van der Waals surface area contributed by atoms with Crippen molar-refractivity contribution in [3.63, 3.8) is 0 Å². The number of carbonyl (C=O) groups excluding carboxylic acids is 1. The molecule has 0 aromatic heterocycles. The third-order valence-electron chi connectivity index (χ3n) is 3.24. The number of hydrogen-bond donors (Lipinski definition) is 1. The summed E-state index contributed by atoms with van der Waals surface area (Å²) in [7, 11) is 0. The number of amides is 1. The maximum Gasteiger partial charge on any atom is 0.234 e. The van der Waals surface area contributed by atoms with Crippen molar-refractivity contribution in [2.75, 3.05) is 32.8 Å². The average Bonchev–Trinajstić information content (AvgIpc) is 2.18. The van der Waals surface area contributed by atoms with Crippen molar-refractivity contribution in [2.45, 2.75) is 19.3 Å². The maximum absolute atomic E-state index is 12.1. The van der Waals surface area contributed by atoms with Gasteiger partial charge in [0.1, 0.15) is 5.41 Å². The molecule has 2 N–H and O–H groups in total. The molecule has 14 heavy (non-hydrogen) atoms. The molecule has 2 fully saturated rings. The van der Waals surface area contributed by atoms with Crippen molar-refractivity contribution in [3.8, 4) is 0 Å². The second-order valence-electron chi connectivity index (χ2n) is 4.33. The Hall–Kier alpha value is -0.610. The van der Waals surface area contributed by atoms with E-state index in [9.17, 15) is 4.79 Å². The van der Waals surface area contributed by atoms with Crippen molar-refractivity contribution in [3.05, 3.63) is 0 Å². The zero-order valence-corrected chi connectivity index (χ0v) is 8.50. The van der Waals surface area contributed by atoms with E-state index >= 15 is 0 Å². The molecule has 0 spiro atoms. The Balaban J connectivity index is 1.98. The molecule has 0 unspecified atom stereocenters. The van der Waals surface area contributed by atoms with Gasteiger partial charge in [-0.25, -0.2) is 0 Å². The van der Waals surface area contributed by atoms with Crippen molar-refractivity contribution in [1.82, 2.24) is 4.90 Å². The summed E-state index contributed by atoms with van der Waals surface area (Å²) in [5.41, 5.74) is 5.27. The third kappa shape index (κ3) is 1.53. The van der Waals surface area contributed by atoms with Crippen LogP contribution in [0.25, 0.3) is 0 Å². The van der Waals surface area contributed by atoms with Gasteiger partial charge in [0, 0.05) is 19.6 Å². The van der Waals surface area contributed by atoms with E-state index in [0.29, 0.717) is 19.8 Å². The van der Waals surface area contributed by atoms with Crippen LogP contribution in [-0.2, 0) is 9.53 Å². The molecular weight excluding hydrogens is 180 g/mol. The first-order chi connectivity index (χ1) is 6.78. The van der Waals surface area contributed by atoms with Gasteiger partial charge in [0.05, 0.1) is 13.2 Å². The largest absolute Gasteiger partial charge is 0.379 e. The van der Waals surface area contributed by atoms with Crippen LogP contribution in [0.1, 0.15) is 19.3 Å². The number of hydrogen-bond acceptors (Lipinski definition) is 3. The summed E-state index contributed by atoms with van der Waals surface area (Å²) >= 11 is 0. The summed E-state index contributed by atoms with van der Waals surface area (Å²) in [5, 5.41) is 0. The minimum absolute atomic E-state index is 0.214. The monoisotopic (exact) mass is 198 g/mol. The number of likely N-dealkylation sites (tertiary alicyclic amines) is 1. The fraction of sp³-hybridized carbons (Fsp3) is 0.900. The van der Waals surface area contributed by atoms with Crippen LogP contribution < -0.4 is 5.73 Å². The molecule has 0 saturated carbocycles. The molecule has 0 aromatic rings. The molecule has 2 aliphatic rings. The minimum Gasteiger partial charge on any atom is -0.379 e. The van der Waals surface area contributed by atoms with Gasteiger partial charge in [-0.05, 0) is 19.3 Å². The Kier molecular flexibility index (Phi) is 2.74. The maximum atomic E-state index is 12.1. The van der Waals surface area contributed by atoms with Gasteiger partial charge < -0.3 is 15.4 Å². The predicted molar refractivity (Wildman–Crippen MR) is 52.7 cm³/mol. The van der Waals surface area contributed by atoms with Crippen LogP contribution in [0.3, 0.4) is 0 Å². The van der Waals surface area contributed by atoms with Crippen LogP contribution in [0.5, 0.6) is 0 Å². The quantitative estimate of drug-likeness (QED) is 0.678. The van der Waals surface area contributed by atoms with Gasteiger partial charge in [-0.2, -0.15) is 0 Å². The van der Waals surface area contributed by atoms with Gasteiger partial charge in [0.15, 0.2) is 0 Å². The summed E-state index contributed by atoms with van der Waals surface area (Å²) in [6, 6.07) is 0. The zero-order valence-electron chi connectivity index (χ0n) is 8.50. The molecule has 0 atom stereocenters. The van der Waals surface area contributed by atoms with Crippen LogP contribution in [0.2, 0.25) is 0 Å². The van der Waals surface area contributed by atoms with Gasteiger partial charge in [-0.3, -0.25) is 4.79 Å². The van der Waals surface area contributed by atoms with Gasteiger partial charge in [-0.1, -0.05) is 0 Å². The molecule has 80 valence electrons. The molecule has 4 nitrogen and oxygen atoms in total. The first-order valence-corrected chi connectivity index (χ1v) is 5.36. The Morgan fingerprint density at radius 3 is 2.36 bits per heavy atom. The van der Waals surface area contributed by atoms with Gasteiger partial charge >= 0.3 is 0 Å². The topological polar surface area (TPSA) is 55.6 Å². The predicted octanol–water partition coefficient (Wildman–Crippen LogP) is -0.0258. The molecule has 2 heterocycles. The molecule has 0 aliphatic carbocycles. The van der Waals surface area contributed by atoms with E-state index in [1.807, 2.05) is 4.90 Å². The van der Waals surface area contributed by atoms with E-state index in [0.717, 1.165) is 25.9 Å². The van der Waals surface area contributed by atoms with Crippen LogP contribution >= 0.6 is 0 Å². The molecule has 0 bridgehead atoms. The second-order valence-corrected chi connectivity index (χ2v) is 4.33. The van der Waals surface area contributed by atoms with E-state index in [1.54, 1.807) is 0 Å². The lowest BCUT2D eigenvalue weighted by Crippen LogP contribution is -2.59. The number of nitrogens with two attached hydrogens (primary N) is 1. The highest BCUT2D eigenvalue weighted by Crippen LogP contribution is 2.29. The van der Waals surface area contributed by atoms with E-state index in [1.165, 1.54) is 6.42 Å². The SMILES string of the molecule is NCC1(C(=O)N2CCCCC2)COC1. The minimum atomic E-state index is -0.378. The molecule has 2 rings (SSSR count). The lowest BCUT2D eigenvalue weighted by atomic mass is 9.84. The smallest absolute Gasteiger partial charge is 0.234 e. The molecule has 2 aliphatic heterocycles. The molecule has 4 heteroatoms. The van der Waals surface area contributed by atoms with Crippen molar-refractivity contribution < 1.29 is 9.53 Å². The van der Waals surface area contributed by atoms with E-state index in [2.05, 4.69) is 0 Å². The number of carbonyl (C=O) groups is 1. The number of piperidine rings is 1. The molecule has 1 amide bonds.